The Hall–Kier alpha value is -0.540. The Morgan fingerprint density at radius 2 is 2.31 bits per heavy atom. The van der Waals surface area contributed by atoms with Crippen LogP contribution in [0.4, 0.5) is 0 Å². The van der Waals surface area contributed by atoms with Crippen LogP contribution in [0.25, 0.3) is 0 Å². The molecule has 3 nitrogen and oxygen atoms in total. The molecule has 1 aliphatic carbocycles. The number of halogens is 1. The van der Waals surface area contributed by atoms with Gasteiger partial charge in [0.25, 0.3) is 0 Å². The highest BCUT2D eigenvalue weighted by Gasteiger charge is 2.31. The van der Waals surface area contributed by atoms with Crippen molar-refractivity contribution in [2.75, 3.05) is 0 Å². The van der Waals surface area contributed by atoms with E-state index in [4.69, 9.17) is 17.3 Å². The van der Waals surface area contributed by atoms with E-state index < -0.39 is 0 Å². The van der Waals surface area contributed by atoms with Gasteiger partial charge in [0, 0.05) is 18.5 Å². The van der Waals surface area contributed by atoms with E-state index in [1.807, 2.05) is 4.68 Å². The van der Waals surface area contributed by atoms with E-state index in [1.54, 1.807) is 6.20 Å². The van der Waals surface area contributed by atoms with Gasteiger partial charge in [-0.15, -0.1) is 0 Å². The van der Waals surface area contributed by atoms with Crippen LogP contribution in [-0.4, -0.2) is 15.8 Å². The molecule has 0 spiro atoms. The zero-order chi connectivity index (χ0) is 11.7. The summed E-state index contributed by atoms with van der Waals surface area (Å²) in [5.41, 5.74) is 7.37. The molecule has 0 bridgehead atoms. The molecule has 0 aliphatic heterocycles. The average Bonchev–Trinajstić information content (AvgIpc) is 2.63. The van der Waals surface area contributed by atoms with Crippen molar-refractivity contribution in [2.45, 2.75) is 51.6 Å². The molecule has 0 amide bonds. The summed E-state index contributed by atoms with van der Waals surface area (Å²) < 4.78 is 1.99. The first-order chi connectivity index (χ1) is 7.63. The molecule has 16 heavy (non-hydrogen) atoms. The van der Waals surface area contributed by atoms with Crippen LogP contribution < -0.4 is 5.73 Å². The van der Waals surface area contributed by atoms with Crippen LogP contribution in [0.2, 0.25) is 5.02 Å². The summed E-state index contributed by atoms with van der Waals surface area (Å²) in [5.74, 6) is 1.11. The predicted molar refractivity (Wildman–Crippen MR) is 66.6 cm³/mol. The zero-order valence-electron chi connectivity index (χ0n) is 9.99. The maximum atomic E-state index is 6.23. The number of rotatable bonds is 2. The highest BCUT2D eigenvalue weighted by molar-refractivity contribution is 6.31. The molecule has 1 aliphatic rings. The molecular formula is C12H20ClN3. The van der Waals surface area contributed by atoms with Crippen LogP contribution >= 0.6 is 11.6 Å². The van der Waals surface area contributed by atoms with Crippen LogP contribution in [-0.2, 0) is 6.54 Å². The van der Waals surface area contributed by atoms with Crippen LogP contribution in [0.1, 0.15) is 44.7 Å². The highest BCUT2D eigenvalue weighted by atomic mass is 35.5. The van der Waals surface area contributed by atoms with E-state index in [0.29, 0.717) is 5.92 Å². The second-order valence-corrected chi connectivity index (χ2v) is 5.29. The minimum absolute atomic E-state index is 0.232. The highest BCUT2D eigenvalue weighted by Crippen LogP contribution is 2.38. The van der Waals surface area contributed by atoms with Crippen molar-refractivity contribution in [3.8, 4) is 0 Å². The molecule has 0 saturated heterocycles. The Kier molecular flexibility index (Phi) is 3.55. The van der Waals surface area contributed by atoms with Crippen molar-refractivity contribution in [1.82, 2.24) is 9.78 Å². The van der Waals surface area contributed by atoms with Gasteiger partial charge in [-0.3, -0.25) is 4.68 Å². The molecule has 0 aromatic carbocycles. The molecule has 3 atom stereocenters. The molecule has 1 heterocycles. The molecule has 1 fully saturated rings. The number of hydrogen-bond acceptors (Lipinski definition) is 2. The van der Waals surface area contributed by atoms with E-state index in [0.717, 1.165) is 36.0 Å². The lowest BCUT2D eigenvalue weighted by Gasteiger charge is -2.33. The molecule has 2 N–H and O–H groups in total. The Bertz CT molecular complexity index is 361. The third-order valence-electron chi connectivity index (χ3n) is 3.65. The maximum absolute atomic E-state index is 6.23. The smallest absolute Gasteiger partial charge is 0.0821 e. The number of nitrogens with two attached hydrogens (primary N) is 1. The van der Waals surface area contributed by atoms with Crippen molar-refractivity contribution in [2.24, 2.45) is 11.7 Å². The lowest BCUT2D eigenvalue weighted by molar-refractivity contribution is 0.295. The van der Waals surface area contributed by atoms with Gasteiger partial charge in [-0.2, -0.15) is 5.10 Å². The first-order valence-electron chi connectivity index (χ1n) is 6.10. The minimum Gasteiger partial charge on any atom is -0.327 e. The van der Waals surface area contributed by atoms with Gasteiger partial charge in [0.1, 0.15) is 0 Å². The molecule has 1 aromatic heterocycles. The summed E-state index contributed by atoms with van der Waals surface area (Å²) in [6.45, 7) is 5.24. The fourth-order valence-electron chi connectivity index (χ4n) is 2.71. The van der Waals surface area contributed by atoms with Gasteiger partial charge in [0.15, 0.2) is 0 Å². The minimum atomic E-state index is 0.232. The Morgan fingerprint density at radius 1 is 1.56 bits per heavy atom. The summed E-state index contributed by atoms with van der Waals surface area (Å²) in [5, 5.41) is 5.07. The standard InChI is InChI=1S/C12H20ClN3/c1-3-16-12(10(13)7-15-16)9-6-8(2)4-5-11(9)14/h7-9,11H,3-6,14H2,1-2H3. The second kappa shape index (κ2) is 4.76. The summed E-state index contributed by atoms with van der Waals surface area (Å²) in [4.78, 5) is 0. The van der Waals surface area contributed by atoms with Crippen molar-refractivity contribution < 1.29 is 0 Å². The van der Waals surface area contributed by atoms with Gasteiger partial charge < -0.3 is 5.73 Å². The van der Waals surface area contributed by atoms with E-state index in [1.165, 1.54) is 6.42 Å². The normalized spacial score (nSPS) is 30.6. The van der Waals surface area contributed by atoms with Crippen molar-refractivity contribution in [3.05, 3.63) is 16.9 Å². The molecule has 2 rings (SSSR count). The van der Waals surface area contributed by atoms with Crippen LogP contribution in [0.3, 0.4) is 0 Å². The van der Waals surface area contributed by atoms with Crippen LogP contribution in [0.5, 0.6) is 0 Å². The van der Waals surface area contributed by atoms with Crippen LogP contribution in [0, 0.1) is 5.92 Å². The van der Waals surface area contributed by atoms with Crippen LogP contribution in [0.15, 0.2) is 6.20 Å². The van der Waals surface area contributed by atoms with Crippen molar-refractivity contribution in [3.63, 3.8) is 0 Å². The monoisotopic (exact) mass is 241 g/mol. The first kappa shape index (κ1) is 11.9. The molecule has 3 unspecified atom stereocenters. The van der Waals surface area contributed by atoms with Gasteiger partial charge in [0.2, 0.25) is 0 Å². The molecule has 90 valence electrons. The fourth-order valence-corrected chi connectivity index (χ4v) is 2.99. The van der Waals surface area contributed by atoms with Crippen molar-refractivity contribution >= 4 is 11.6 Å². The van der Waals surface area contributed by atoms with E-state index in [2.05, 4.69) is 18.9 Å². The Morgan fingerprint density at radius 3 is 3.00 bits per heavy atom. The quantitative estimate of drug-likeness (QED) is 0.865. The van der Waals surface area contributed by atoms with Gasteiger partial charge in [-0.25, -0.2) is 0 Å². The molecule has 1 saturated carbocycles. The summed E-state index contributed by atoms with van der Waals surface area (Å²) in [6, 6.07) is 0.232. The average molecular weight is 242 g/mol. The molecule has 4 heteroatoms. The number of hydrogen-bond donors (Lipinski definition) is 1. The van der Waals surface area contributed by atoms with Crippen molar-refractivity contribution in [1.29, 1.82) is 0 Å². The predicted octanol–water partition coefficient (Wildman–Crippen LogP) is 2.79. The maximum Gasteiger partial charge on any atom is 0.0821 e. The zero-order valence-corrected chi connectivity index (χ0v) is 10.7. The summed E-state index contributed by atoms with van der Waals surface area (Å²) >= 11 is 6.23. The lowest BCUT2D eigenvalue weighted by atomic mass is 9.77. The Balaban J connectivity index is 2.30. The number of aromatic nitrogens is 2. The third-order valence-corrected chi connectivity index (χ3v) is 3.94. The second-order valence-electron chi connectivity index (χ2n) is 4.88. The number of aryl methyl sites for hydroxylation is 1. The SMILES string of the molecule is CCn1ncc(Cl)c1C1CC(C)CCC1N. The van der Waals surface area contributed by atoms with Gasteiger partial charge in [-0.05, 0) is 32.1 Å². The third kappa shape index (κ3) is 2.11. The first-order valence-corrected chi connectivity index (χ1v) is 6.48. The molecular weight excluding hydrogens is 222 g/mol. The molecule has 0 radical (unpaired) electrons. The summed E-state index contributed by atoms with van der Waals surface area (Å²) in [6.07, 6.45) is 5.20. The Labute approximate surface area is 102 Å². The summed E-state index contributed by atoms with van der Waals surface area (Å²) in [7, 11) is 0. The molecule has 1 aromatic rings. The lowest BCUT2D eigenvalue weighted by Crippen LogP contribution is -2.35. The van der Waals surface area contributed by atoms with E-state index in [-0.39, 0.29) is 6.04 Å². The van der Waals surface area contributed by atoms with Gasteiger partial charge >= 0.3 is 0 Å². The van der Waals surface area contributed by atoms with Gasteiger partial charge in [-0.1, -0.05) is 18.5 Å². The van der Waals surface area contributed by atoms with Gasteiger partial charge in [0.05, 0.1) is 16.9 Å². The largest absolute Gasteiger partial charge is 0.327 e. The fraction of sp³-hybridized carbons (Fsp3) is 0.750. The van der Waals surface area contributed by atoms with E-state index in [9.17, 15) is 0 Å². The number of nitrogens with zero attached hydrogens (tertiary/aromatic N) is 2. The topological polar surface area (TPSA) is 43.8 Å². The van der Waals surface area contributed by atoms with E-state index >= 15 is 0 Å².